The first kappa shape index (κ1) is 19.2. The van der Waals surface area contributed by atoms with E-state index in [1.807, 2.05) is 0 Å². The molecule has 0 saturated heterocycles. The first-order chi connectivity index (χ1) is 7.46. The van der Waals surface area contributed by atoms with Gasteiger partial charge in [0, 0.05) is 0 Å². The molecule has 0 aromatic rings. The fourth-order valence-electron chi connectivity index (χ4n) is 1.05. The molecule has 0 unspecified atom stereocenters. The summed E-state index contributed by atoms with van der Waals surface area (Å²) < 4.78 is 30.8. The van der Waals surface area contributed by atoms with Crippen molar-refractivity contribution in [3.8, 4) is 0 Å². The molecule has 0 aromatic carbocycles. The summed E-state index contributed by atoms with van der Waals surface area (Å²) in [5, 5.41) is -2.62. The van der Waals surface area contributed by atoms with Crippen LogP contribution in [-0.4, -0.2) is 62.5 Å². The van der Waals surface area contributed by atoms with Crippen LogP contribution in [0.15, 0.2) is 0 Å². The second-order valence-corrected chi connectivity index (χ2v) is 9.13. The SMILES string of the molecule is ClC1C(Cl)C(Cl)C(Cl)C(Cl)C1Cl.[O]=[Sb]([OH])([OH])[OH]. The average molecular weight is 480 g/mol. The second kappa shape index (κ2) is 7.87. The van der Waals surface area contributed by atoms with E-state index in [9.17, 15) is 0 Å². The Morgan fingerprint density at radius 1 is 0.588 bits per heavy atom. The Kier molecular flexibility index (Phi) is 8.91. The van der Waals surface area contributed by atoms with Gasteiger partial charge in [-0.1, -0.05) is 0 Å². The molecule has 0 heterocycles. The van der Waals surface area contributed by atoms with Gasteiger partial charge in [-0.25, -0.2) is 0 Å². The third kappa shape index (κ3) is 6.99. The number of halogens is 6. The van der Waals surface area contributed by atoms with E-state index in [0.717, 1.165) is 0 Å². The summed E-state index contributed by atoms with van der Waals surface area (Å²) in [6.45, 7) is 0. The van der Waals surface area contributed by atoms with Crippen LogP contribution < -0.4 is 0 Å². The third-order valence-electron chi connectivity index (χ3n) is 1.83. The molecular formula is C6H9Cl6O4Sb. The van der Waals surface area contributed by atoms with Crippen molar-refractivity contribution in [1.29, 1.82) is 0 Å². The molecule has 4 nitrogen and oxygen atoms in total. The minimum absolute atomic E-state index is 0.437. The summed E-state index contributed by atoms with van der Waals surface area (Å²) in [6.07, 6.45) is 0. The quantitative estimate of drug-likeness (QED) is 0.363. The van der Waals surface area contributed by atoms with E-state index < -0.39 is 52.3 Å². The van der Waals surface area contributed by atoms with E-state index in [1.54, 1.807) is 0 Å². The molecular weight excluding hydrogens is 471 g/mol. The van der Waals surface area contributed by atoms with Gasteiger partial charge >= 0.3 is 33.2 Å². The molecule has 1 aliphatic rings. The first-order valence-electron chi connectivity index (χ1n) is 4.09. The van der Waals surface area contributed by atoms with Gasteiger partial charge in [0.15, 0.2) is 0 Å². The fraction of sp³-hybridized carbons (Fsp3) is 1.00. The maximum atomic E-state index is 8.97. The van der Waals surface area contributed by atoms with Crippen LogP contribution in [0.3, 0.4) is 0 Å². The Morgan fingerprint density at radius 2 is 0.647 bits per heavy atom. The van der Waals surface area contributed by atoms with Crippen LogP contribution in [0.4, 0.5) is 0 Å². The zero-order valence-corrected chi connectivity index (χ0v) is 15.0. The Labute approximate surface area is 134 Å². The van der Waals surface area contributed by atoms with Gasteiger partial charge < -0.3 is 0 Å². The minimum atomic E-state index is -5.35. The van der Waals surface area contributed by atoms with Gasteiger partial charge in [0.25, 0.3) is 0 Å². The first-order valence-corrected chi connectivity index (χ1v) is 11.2. The van der Waals surface area contributed by atoms with Gasteiger partial charge in [0.05, 0.1) is 32.3 Å². The van der Waals surface area contributed by atoms with E-state index in [2.05, 4.69) is 0 Å². The van der Waals surface area contributed by atoms with E-state index in [-0.39, 0.29) is 0 Å². The van der Waals surface area contributed by atoms with Crippen molar-refractivity contribution in [2.24, 2.45) is 0 Å². The van der Waals surface area contributed by atoms with Crippen LogP contribution in [0.2, 0.25) is 0 Å². The third-order valence-corrected chi connectivity index (χ3v) is 5.86. The Bertz CT molecular complexity index is 221. The summed E-state index contributed by atoms with van der Waals surface area (Å²) >= 11 is 29.9. The van der Waals surface area contributed by atoms with E-state index in [1.165, 1.54) is 0 Å². The van der Waals surface area contributed by atoms with Gasteiger partial charge in [0.1, 0.15) is 0 Å². The molecule has 0 bridgehead atoms. The molecule has 1 fully saturated rings. The molecule has 0 spiro atoms. The summed E-state index contributed by atoms with van der Waals surface area (Å²) in [5.74, 6) is 0. The number of rotatable bonds is 0. The number of hydrogen-bond acceptors (Lipinski definition) is 1. The van der Waals surface area contributed by atoms with Gasteiger partial charge in [-0.15, -0.1) is 69.6 Å². The van der Waals surface area contributed by atoms with Crippen molar-refractivity contribution >= 4 is 89.7 Å². The summed E-state index contributed by atoms with van der Waals surface area (Å²) in [6, 6.07) is 0. The van der Waals surface area contributed by atoms with Gasteiger partial charge in [0.2, 0.25) is 0 Å². The topological polar surface area (TPSA) is 77.8 Å². The van der Waals surface area contributed by atoms with Crippen LogP contribution in [-0.2, 0) is 3.02 Å². The summed E-state index contributed by atoms with van der Waals surface area (Å²) in [7, 11) is 0. The molecule has 3 N–H and O–H groups in total. The van der Waals surface area contributed by atoms with Crippen LogP contribution >= 0.6 is 69.6 Å². The zero-order valence-electron chi connectivity index (χ0n) is 7.93. The monoisotopic (exact) mass is 476 g/mol. The molecule has 17 heavy (non-hydrogen) atoms. The average Bonchev–Trinajstić information content (AvgIpc) is 2.18. The van der Waals surface area contributed by atoms with Gasteiger partial charge in [-0.2, -0.15) is 0 Å². The molecule has 104 valence electrons. The van der Waals surface area contributed by atoms with Crippen LogP contribution in [0.25, 0.3) is 0 Å². The van der Waals surface area contributed by atoms with E-state index in [0.29, 0.717) is 0 Å². The molecule has 1 rings (SSSR count). The predicted octanol–water partition coefficient (Wildman–Crippen LogP) is 1.47. The molecule has 0 aliphatic heterocycles. The summed E-state index contributed by atoms with van der Waals surface area (Å²) in [4.78, 5) is 0. The van der Waals surface area contributed by atoms with Crippen molar-refractivity contribution in [2.45, 2.75) is 32.3 Å². The van der Waals surface area contributed by atoms with Crippen molar-refractivity contribution in [3.63, 3.8) is 0 Å². The molecule has 0 radical (unpaired) electrons. The number of alkyl halides is 6. The molecule has 0 aromatic heterocycles. The number of hydrogen-bond donors (Lipinski definition) is 3. The summed E-state index contributed by atoms with van der Waals surface area (Å²) in [5.41, 5.74) is 0. The molecule has 1 aliphatic carbocycles. The second-order valence-electron chi connectivity index (χ2n) is 3.18. The fourth-order valence-corrected chi connectivity index (χ4v) is 3.38. The van der Waals surface area contributed by atoms with Crippen LogP contribution in [0, 0.1) is 0 Å². The Balaban J connectivity index is 0.000000437. The van der Waals surface area contributed by atoms with Crippen LogP contribution in [0.5, 0.6) is 0 Å². The normalized spacial score (nSPS) is 42.6. The Morgan fingerprint density at radius 3 is 0.706 bits per heavy atom. The van der Waals surface area contributed by atoms with Crippen molar-refractivity contribution in [1.82, 2.24) is 0 Å². The molecule has 0 amide bonds. The van der Waals surface area contributed by atoms with E-state index >= 15 is 0 Å². The van der Waals surface area contributed by atoms with Crippen molar-refractivity contribution < 1.29 is 13.2 Å². The standard InChI is InChI=1S/C6H6Cl6.3H2O.O.Sb/c7-1-2(8)4(10)6(12)5(11)3(1)9;;;;;/h1-6H;3*1H2;;/q;;;;;+3/p-3. The predicted molar refractivity (Wildman–Crippen MR) is 70.9 cm³/mol. The van der Waals surface area contributed by atoms with Crippen molar-refractivity contribution in [3.05, 3.63) is 0 Å². The van der Waals surface area contributed by atoms with Gasteiger partial charge in [-0.05, 0) is 0 Å². The van der Waals surface area contributed by atoms with Gasteiger partial charge in [-0.3, -0.25) is 0 Å². The molecule has 0 atom stereocenters. The molecule has 1 saturated carbocycles. The van der Waals surface area contributed by atoms with E-state index in [4.69, 9.17) is 82.8 Å². The van der Waals surface area contributed by atoms with Crippen LogP contribution in [0.1, 0.15) is 0 Å². The maximum absolute atomic E-state index is 8.97. The zero-order chi connectivity index (χ0) is 14.0. The van der Waals surface area contributed by atoms with Crippen molar-refractivity contribution in [2.75, 3.05) is 0 Å². The Hall–Kier alpha value is 2.24. The molecule has 11 heteroatoms.